The van der Waals surface area contributed by atoms with Crippen LogP contribution in [0.3, 0.4) is 0 Å². The SMILES string of the molecule is CN=C(NCCCn1c(C)nc2ccccc21)NCc1ccccc1F.I. The van der Waals surface area contributed by atoms with Crippen molar-refractivity contribution in [3.05, 3.63) is 65.7 Å². The molecule has 144 valence electrons. The molecule has 1 aromatic heterocycles. The third-order valence-corrected chi connectivity index (χ3v) is 4.32. The van der Waals surface area contributed by atoms with E-state index in [9.17, 15) is 4.39 Å². The van der Waals surface area contributed by atoms with Crippen LogP contribution in [0.5, 0.6) is 0 Å². The molecule has 0 atom stereocenters. The molecule has 2 N–H and O–H groups in total. The molecule has 0 unspecified atom stereocenters. The van der Waals surface area contributed by atoms with E-state index in [1.165, 1.54) is 6.07 Å². The lowest BCUT2D eigenvalue weighted by molar-refractivity contribution is 0.601. The molecule has 7 heteroatoms. The number of aliphatic imine (C=N–C) groups is 1. The van der Waals surface area contributed by atoms with E-state index in [2.05, 4.69) is 31.2 Å². The maximum absolute atomic E-state index is 13.7. The van der Waals surface area contributed by atoms with Gasteiger partial charge in [0.05, 0.1) is 11.0 Å². The molecule has 0 bridgehead atoms. The molecular weight excluding hydrogens is 456 g/mol. The Morgan fingerprint density at radius 2 is 1.85 bits per heavy atom. The van der Waals surface area contributed by atoms with Gasteiger partial charge in [0, 0.05) is 32.2 Å². The van der Waals surface area contributed by atoms with Gasteiger partial charge in [0.15, 0.2) is 5.96 Å². The maximum Gasteiger partial charge on any atom is 0.191 e. The summed E-state index contributed by atoms with van der Waals surface area (Å²) in [4.78, 5) is 8.77. The van der Waals surface area contributed by atoms with Gasteiger partial charge in [-0.15, -0.1) is 24.0 Å². The number of nitrogens with zero attached hydrogens (tertiary/aromatic N) is 3. The molecule has 5 nitrogen and oxygen atoms in total. The summed E-state index contributed by atoms with van der Waals surface area (Å²) in [6.45, 7) is 4.08. The van der Waals surface area contributed by atoms with Gasteiger partial charge < -0.3 is 15.2 Å². The van der Waals surface area contributed by atoms with E-state index in [4.69, 9.17) is 0 Å². The molecule has 3 rings (SSSR count). The normalized spacial score (nSPS) is 11.3. The fourth-order valence-corrected chi connectivity index (χ4v) is 2.96. The summed E-state index contributed by atoms with van der Waals surface area (Å²) in [6.07, 6.45) is 0.932. The van der Waals surface area contributed by atoms with Gasteiger partial charge in [-0.1, -0.05) is 30.3 Å². The number of nitrogens with one attached hydrogen (secondary N) is 2. The quantitative estimate of drug-likeness (QED) is 0.244. The largest absolute Gasteiger partial charge is 0.356 e. The maximum atomic E-state index is 13.7. The molecule has 0 spiro atoms. The first-order valence-corrected chi connectivity index (χ1v) is 8.79. The number of hydrogen-bond acceptors (Lipinski definition) is 2. The average Bonchev–Trinajstić information content (AvgIpc) is 2.97. The summed E-state index contributed by atoms with van der Waals surface area (Å²) in [7, 11) is 1.71. The highest BCUT2D eigenvalue weighted by molar-refractivity contribution is 14.0. The average molecular weight is 481 g/mol. The number of fused-ring (bicyclic) bond motifs is 1. The summed E-state index contributed by atoms with van der Waals surface area (Å²) in [6, 6.07) is 14.9. The smallest absolute Gasteiger partial charge is 0.191 e. The van der Waals surface area contributed by atoms with Gasteiger partial charge in [-0.05, 0) is 31.5 Å². The zero-order valence-corrected chi connectivity index (χ0v) is 17.9. The number of imidazole rings is 1. The second-order valence-corrected chi connectivity index (χ2v) is 6.10. The third kappa shape index (κ3) is 5.41. The fraction of sp³-hybridized carbons (Fsp3) is 0.300. The summed E-state index contributed by atoms with van der Waals surface area (Å²) in [5, 5.41) is 6.41. The van der Waals surface area contributed by atoms with E-state index in [1.54, 1.807) is 19.2 Å². The molecule has 0 aliphatic rings. The van der Waals surface area contributed by atoms with Crippen LogP contribution in [0.1, 0.15) is 17.8 Å². The molecule has 0 saturated heterocycles. The van der Waals surface area contributed by atoms with Crippen molar-refractivity contribution in [1.82, 2.24) is 20.2 Å². The van der Waals surface area contributed by atoms with Gasteiger partial charge in [0.25, 0.3) is 0 Å². The minimum absolute atomic E-state index is 0. The monoisotopic (exact) mass is 481 g/mol. The van der Waals surface area contributed by atoms with Gasteiger partial charge in [0.1, 0.15) is 11.6 Å². The standard InChI is InChI=1S/C20H24FN5.HI/c1-15-25-18-10-5-6-11-19(18)26(15)13-7-12-23-20(22-2)24-14-16-8-3-4-9-17(16)21;/h3-6,8-11H,7,12-14H2,1-2H3,(H2,22,23,24);1H. The molecule has 27 heavy (non-hydrogen) atoms. The van der Waals surface area contributed by atoms with Crippen LogP contribution in [0.25, 0.3) is 11.0 Å². The Hall–Kier alpha value is -2.16. The molecular formula is C20H25FIN5. The van der Waals surface area contributed by atoms with Crippen LogP contribution in [-0.2, 0) is 13.1 Å². The molecule has 0 aliphatic heterocycles. The van der Waals surface area contributed by atoms with Crippen LogP contribution >= 0.6 is 24.0 Å². The van der Waals surface area contributed by atoms with Gasteiger partial charge in [-0.3, -0.25) is 4.99 Å². The Bertz CT molecular complexity index is 906. The van der Waals surface area contributed by atoms with E-state index >= 15 is 0 Å². The molecule has 0 saturated carbocycles. The van der Waals surface area contributed by atoms with Crippen molar-refractivity contribution in [3.8, 4) is 0 Å². The zero-order chi connectivity index (χ0) is 18.4. The highest BCUT2D eigenvalue weighted by atomic mass is 127. The first-order valence-electron chi connectivity index (χ1n) is 8.79. The van der Waals surface area contributed by atoms with Crippen LogP contribution in [0.2, 0.25) is 0 Å². The first-order chi connectivity index (χ1) is 12.7. The lowest BCUT2D eigenvalue weighted by Gasteiger charge is -2.13. The Balaban J connectivity index is 0.00000261. The molecule has 3 aromatic rings. The minimum atomic E-state index is -0.210. The van der Waals surface area contributed by atoms with Crippen molar-refractivity contribution in [2.45, 2.75) is 26.4 Å². The molecule has 2 aromatic carbocycles. The number of benzene rings is 2. The van der Waals surface area contributed by atoms with Gasteiger partial charge >= 0.3 is 0 Å². The minimum Gasteiger partial charge on any atom is -0.356 e. The Morgan fingerprint density at radius 3 is 2.63 bits per heavy atom. The number of aryl methyl sites for hydroxylation is 2. The predicted molar refractivity (Wildman–Crippen MR) is 119 cm³/mol. The Kier molecular flexibility index (Phi) is 8.02. The van der Waals surface area contributed by atoms with Crippen LogP contribution in [0.15, 0.2) is 53.5 Å². The second kappa shape index (κ2) is 10.2. The van der Waals surface area contributed by atoms with Crippen molar-refractivity contribution in [2.24, 2.45) is 4.99 Å². The summed E-state index contributed by atoms with van der Waals surface area (Å²) >= 11 is 0. The lowest BCUT2D eigenvalue weighted by Crippen LogP contribution is -2.37. The molecule has 0 radical (unpaired) electrons. The number of para-hydroxylation sites is 2. The topological polar surface area (TPSA) is 54.2 Å². The van der Waals surface area contributed by atoms with E-state index in [1.807, 2.05) is 31.2 Å². The van der Waals surface area contributed by atoms with Crippen LogP contribution in [0.4, 0.5) is 4.39 Å². The van der Waals surface area contributed by atoms with Gasteiger partial charge in [0.2, 0.25) is 0 Å². The molecule has 0 fully saturated rings. The van der Waals surface area contributed by atoms with E-state index in [-0.39, 0.29) is 29.8 Å². The highest BCUT2D eigenvalue weighted by Crippen LogP contribution is 2.15. The second-order valence-electron chi connectivity index (χ2n) is 6.10. The third-order valence-electron chi connectivity index (χ3n) is 4.32. The van der Waals surface area contributed by atoms with Crippen LogP contribution in [0, 0.1) is 12.7 Å². The van der Waals surface area contributed by atoms with Crippen molar-refractivity contribution in [1.29, 1.82) is 0 Å². The van der Waals surface area contributed by atoms with Crippen molar-refractivity contribution in [2.75, 3.05) is 13.6 Å². The van der Waals surface area contributed by atoms with Gasteiger partial charge in [-0.25, -0.2) is 9.37 Å². The van der Waals surface area contributed by atoms with Gasteiger partial charge in [-0.2, -0.15) is 0 Å². The fourth-order valence-electron chi connectivity index (χ4n) is 2.96. The number of guanidine groups is 1. The molecule has 1 heterocycles. The number of rotatable bonds is 6. The Labute approximate surface area is 176 Å². The van der Waals surface area contributed by atoms with E-state index in [0.29, 0.717) is 18.1 Å². The first kappa shape index (κ1) is 21.1. The summed E-state index contributed by atoms with van der Waals surface area (Å²) in [5.74, 6) is 1.48. The van der Waals surface area contributed by atoms with Crippen LogP contribution < -0.4 is 10.6 Å². The molecule has 0 amide bonds. The van der Waals surface area contributed by atoms with Crippen molar-refractivity contribution < 1.29 is 4.39 Å². The van der Waals surface area contributed by atoms with E-state index < -0.39 is 0 Å². The number of aromatic nitrogens is 2. The van der Waals surface area contributed by atoms with Crippen molar-refractivity contribution >= 4 is 41.0 Å². The summed E-state index contributed by atoms with van der Waals surface area (Å²) < 4.78 is 15.9. The lowest BCUT2D eigenvalue weighted by atomic mass is 10.2. The summed E-state index contributed by atoms with van der Waals surface area (Å²) in [5.41, 5.74) is 2.81. The van der Waals surface area contributed by atoms with Crippen LogP contribution in [-0.4, -0.2) is 29.1 Å². The highest BCUT2D eigenvalue weighted by Gasteiger charge is 2.06. The zero-order valence-electron chi connectivity index (χ0n) is 15.6. The van der Waals surface area contributed by atoms with Crippen molar-refractivity contribution in [3.63, 3.8) is 0 Å². The predicted octanol–water partition coefficient (Wildman–Crippen LogP) is 3.86. The number of halogens is 2. The number of hydrogen-bond donors (Lipinski definition) is 2. The molecule has 0 aliphatic carbocycles. The Morgan fingerprint density at radius 1 is 1.11 bits per heavy atom. The van der Waals surface area contributed by atoms with E-state index in [0.717, 1.165) is 36.4 Å².